The van der Waals surface area contributed by atoms with E-state index in [2.05, 4.69) is 20.7 Å². The largest absolute Gasteiger partial charge is 0.476 e. The molecule has 3 aromatic rings. The maximum absolute atomic E-state index is 12.0. The highest BCUT2D eigenvalue weighted by atomic mass is 16.4. The van der Waals surface area contributed by atoms with Crippen LogP contribution < -0.4 is 5.32 Å². The van der Waals surface area contributed by atoms with Crippen molar-refractivity contribution in [2.45, 2.75) is 19.5 Å². The molecule has 2 aromatic heterocycles. The van der Waals surface area contributed by atoms with Crippen molar-refractivity contribution in [2.24, 2.45) is 0 Å². The van der Waals surface area contributed by atoms with Crippen LogP contribution in [0.25, 0.3) is 0 Å². The summed E-state index contributed by atoms with van der Waals surface area (Å²) in [6.45, 7) is 1.87. The second kappa shape index (κ2) is 6.95. The number of rotatable bonds is 6. The van der Waals surface area contributed by atoms with Crippen molar-refractivity contribution < 1.29 is 14.7 Å². The fourth-order valence-electron chi connectivity index (χ4n) is 2.32. The van der Waals surface area contributed by atoms with E-state index in [1.807, 2.05) is 37.3 Å². The molecule has 0 aliphatic carbocycles. The molecule has 25 heavy (non-hydrogen) atoms. The van der Waals surface area contributed by atoms with Crippen molar-refractivity contribution in [1.82, 2.24) is 24.8 Å². The first-order valence-electron chi connectivity index (χ1n) is 7.55. The number of carboxylic acid groups (broad SMARTS) is 1. The molecule has 0 radical (unpaired) electrons. The van der Waals surface area contributed by atoms with Crippen LogP contribution in [0.1, 0.15) is 29.0 Å². The molecule has 128 valence electrons. The Morgan fingerprint density at radius 3 is 2.68 bits per heavy atom. The highest BCUT2D eigenvalue weighted by molar-refractivity contribution is 5.90. The number of aromatic carboxylic acids is 1. The minimum Gasteiger partial charge on any atom is -0.476 e. The Balaban J connectivity index is 1.62. The Hall–Kier alpha value is -3.49. The number of anilines is 1. The molecule has 9 heteroatoms. The van der Waals surface area contributed by atoms with Gasteiger partial charge in [0.15, 0.2) is 5.69 Å². The van der Waals surface area contributed by atoms with Gasteiger partial charge >= 0.3 is 5.97 Å². The fourth-order valence-corrected chi connectivity index (χ4v) is 2.32. The summed E-state index contributed by atoms with van der Waals surface area (Å²) in [6, 6.07) is 9.92. The van der Waals surface area contributed by atoms with Crippen LogP contribution in [0.5, 0.6) is 0 Å². The molecular formula is C16H16N6O3. The Bertz CT molecular complexity index is 886. The van der Waals surface area contributed by atoms with Gasteiger partial charge in [-0.05, 0) is 12.5 Å². The number of nitrogens with zero attached hydrogens (tertiary/aromatic N) is 5. The molecule has 1 amide bonds. The monoisotopic (exact) mass is 340 g/mol. The number of aromatic nitrogens is 5. The zero-order chi connectivity index (χ0) is 17.8. The van der Waals surface area contributed by atoms with Crippen molar-refractivity contribution >= 4 is 17.6 Å². The van der Waals surface area contributed by atoms with E-state index in [4.69, 9.17) is 5.11 Å². The SMILES string of the molecule is CC(c1ccccc1)n1cc(NC(=O)Cn2cc(C(=O)O)nn2)cn1. The number of carboxylic acids is 1. The zero-order valence-corrected chi connectivity index (χ0v) is 13.4. The quantitative estimate of drug-likeness (QED) is 0.701. The van der Waals surface area contributed by atoms with Gasteiger partial charge in [-0.2, -0.15) is 5.10 Å². The summed E-state index contributed by atoms with van der Waals surface area (Å²) in [6.07, 6.45) is 4.49. The summed E-state index contributed by atoms with van der Waals surface area (Å²) >= 11 is 0. The van der Waals surface area contributed by atoms with Gasteiger partial charge in [0.1, 0.15) is 6.54 Å². The zero-order valence-electron chi connectivity index (χ0n) is 13.4. The summed E-state index contributed by atoms with van der Waals surface area (Å²) < 4.78 is 2.92. The lowest BCUT2D eigenvalue weighted by Crippen LogP contribution is -2.19. The van der Waals surface area contributed by atoms with E-state index in [-0.39, 0.29) is 24.2 Å². The third-order valence-corrected chi connectivity index (χ3v) is 3.63. The highest BCUT2D eigenvalue weighted by Gasteiger charge is 2.13. The van der Waals surface area contributed by atoms with Crippen LogP contribution >= 0.6 is 0 Å². The maximum atomic E-state index is 12.0. The van der Waals surface area contributed by atoms with E-state index in [1.54, 1.807) is 17.1 Å². The Labute approximate surface area is 142 Å². The first-order valence-corrected chi connectivity index (χ1v) is 7.55. The minimum atomic E-state index is -1.19. The van der Waals surface area contributed by atoms with E-state index in [0.29, 0.717) is 5.69 Å². The topological polar surface area (TPSA) is 115 Å². The Morgan fingerprint density at radius 1 is 1.24 bits per heavy atom. The number of carbonyl (C=O) groups is 2. The van der Waals surface area contributed by atoms with Gasteiger partial charge in [0.2, 0.25) is 5.91 Å². The molecule has 0 fully saturated rings. The molecule has 0 saturated carbocycles. The summed E-state index contributed by atoms with van der Waals surface area (Å²) in [7, 11) is 0. The van der Waals surface area contributed by atoms with E-state index in [9.17, 15) is 9.59 Å². The number of carbonyl (C=O) groups excluding carboxylic acids is 1. The van der Waals surface area contributed by atoms with Gasteiger partial charge in [0.05, 0.1) is 24.1 Å². The molecule has 1 aromatic carbocycles. The van der Waals surface area contributed by atoms with Gasteiger partial charge in [0, 0.05) is 6.20 Å². The van der Waals surface area contributed by atoms with E-state index in [1.165, 1.54) is 6.20 Å². The molecule has 0 aliphatic rings. The second-order valence-corrected chi connectivity index (χ2v) is 5.45. The molecule has 1 unspecified atom stereocenters. The standard InChI is InChI=1S/C16H16N6O3/c1-11(12-5-3-2-4-6-12)22-8-13(7-17-22)18-15(23)10-21-9-14(16(24)25)19-20-21/h2-9,11H,10H2,1H3,(H,18,23)(H,24,25). The number of amides is 1. The van der Waals surface area contributed by atoms with E-state index < -0.39 is 5.97 Å². The van der Waals surface area contributed by atoms with Crippen molar-refractivity contribution in [3.8, 4) is 0 Å². The Kier molecular flexibility index (Phi) is 4.55. The predicted molar refractivity (Wildman–Crippen MR) is 88.1 cm³/mol. The summed E-state index contributed by atoms with van der Waals surface area (Å²) in [5.74, 6) is -1.54. The lowest BCUT2D eigenvalue weighted by Gasteiger charge is -2.12. The van der Waals surface area contributed by atoms with Crippen LogP contribution in [0.3, 0.4) is 0 Å². The predicted octanol–water partition coefficient (Wildman–Crippen LogP) is 1.42. The third-order valence-electron chi connectivity index (χ3n) is 3.63. The lowest BCUT2D eigenvalue weighted by atomic mass is 10.1. The lowest BCUT2D eigenvalue weighted by molar-refractivity contribution is -0.116. The summed E-state index contributed by atoms with van der Waals surface area (Å²) in [5, 5.41) is 22.8. The molecule has 0 bridgehead atoms. The molecule has 0 saturated heterocycles. The van der Waals surface area contributed by atoms with Crippen molar-refractivity contribution in [3.63, 3.8) is 0 Å². The fraction of sp³-hybridized carbons (Fsp3) is 0.188. The van der Waals surface area contributed by atoms with E-state index in [0.717, 1.165) is 10.2 Å². The molecule has 2 heterocycles. The summed E-state index contributed by atoms with van der Waals surface area (Å²) in [5.41, 5.74) is 1.44. The van der Waals surface area contributed by atoms with Crippen LogP contribution in [-0.2, 0) is 11.3 Å². The maximum Gasteiger partial charge on any atom is 0.358 e. The highest BCUT2D eigenvalue weighted by Crippen LogP contribution is 2.18. The molecule has 3 rings (SSSR count). The number of nitrogens with one attached hydrogen (secondary N) is 1. The van der Waals surface area contributed by atoms with Gasteiger partial charge in [-0.3, -0.25) is 9.48 Å². The molecule has 2 N–H and O–H groups in total. The van der Waals surface area contributed by atoms with Crippen LogP contribution in [0, 0.1) is 0 Å². The van der Waals surface area contributed by atoms with E-state index >= 15 is 0 Å². The van der Waals surface area contributed by atoms with Gasteiger partial charge in [-0.25, -0.2) is 9.48 Å². The van der Waals surface area contributed by atoms with Crippen molar-refractivity contribution in [2.75, 3.05) is 5.32 Å². The molecule has 0 spiro atoms. The van der Waals surface area contributed by atoms with Crippen molar-refractivity contribution in [1.29, 1.82) is 0 Å². The second-order valence-electron chi connectivity index (χ2n) is 5.45. The number of benzene rings is 1. The van der Waals surface area contributed by atoms with Gasteiger partial charge in [-0.15, -0.1) is 5.10 Å². The Morgan fingerprint density at radius 2 is 2.00 bits per heavy atom. The third kappa shape index (κ3) is 3.89. The first kappa shape index (κ1) is 16.4. The molecule has 9 nitrogen and oxygen atoms in total. The smallest absolute Gasteiger partial charge is 0.358 e. The van der Waals surface area contributed by atoms with Crippen LogP contribution in [0.4, 0.5) is 5.69 Å². The first-order chi connectivity index (χ1) is 12.0. The summed E-state index contributed by atoms with van der Waals surface area (Å²) in [4.78, 5) is 22.8. The molecular weight excluding hydrogens is 324 g/mol. The average molecular weight is 340 g/mol. The van der Waals surface area contributed by atoms with Crippen LogP contribution in [-0.4, -0.2) is 41.8 Å². The molecule has 0 aliphatic heterocycles. The van der Waals surface area contributed by atoms with Crippen molar-refractivity contribution in [3.05, 3.63) is 60.2 Å². The van der Waals surface area contributed by atoms with Gasteiger partial charge < -0.3 is 10.4 Å². The number of hydrogen-bond donors (Lipinski definition) is 2. The van der Waals surface area contributed by atoms with Crippen LogP contribution in [0.15, 0.2) is 48.9 Å². The number of hydrogen-bond acceptors (Lipinski definition) is 5. The van der Waals surface area contributed by atoms with Crippen LogP contribution in [0.2, 0.25) is 0 Å². The van der Waals surface area contributed by atoms with Gasteiger partial charge in [0.25, 0.3) is 0 Å². The molecule has 1 atom stereocenters. The average Bonchev–Trinajstić information content (AvgIpc) is 3.24. The normalized spacial score (nSPS) is 11.9. The minimum absolute atomic E-state index is 0.0280. The van der Waals surface area contributed by atoms with Gasteiger partial charge in [-0.1, -0.05) is 35.5 Å².